The molecule has 2 aromatic carbocycles. The number of amides is 4. The van der Waals surface area contributed by atoms with Gasteiger partial charge in [-0.3, -0.25) is 33.3 Å². The lowest BCUT2D eigenvalue weighted by molar-refractivity contribution is -0.129. The van der Waals surface area contributed by atoms with E-state index in [-0.39, 0.29) is 11.1 Å². The highest BCUT2D eigenvalue weighted by Gasteiger charge is 2.40. The molecular formula is C21H17N3O12S2. The molecule has 0 spiro atoms. The van der Waals surface area contributed by atoms with E-state index in [1.54, 1.807) is 0 Å². The maximum absolute atomic E-state index is 12.2. The minimum absolute atomic E-state index is 0.237. The molecule has 0 bridgehead atoms. The van der Waals surface area contributed by atoms with Gasteiger partial charge in [-0.25, -0.2) is 9.59 Å². The maximum atomic E-state index is 12.2. The topological polar surface area (TPSA) is 214 Å². The van der Waals surface area contributed by atoms with Crippen LogP contribution in [0.3, 0.4) is 0 Å². The van der Waals surface area contributed by atoms with Gasteiger partial charge in [0.1, 0.15) is 6.61 Å². The van der Waals surface area contributed by atoms with E-state index in [2.05, 4.69) is 9.99 Å². The molecule has 0 aromatic heterocycles. The van der Waals surface area contributed by atoms with E-state index >= 15 is 0 Å². The van der Waals surface area contributed by atoms with E-state index in [4.69, 9.17) is 4.74 Å². The first kappa shape index (κ1) is 26.9. The van der Waals surface area contributed by atoms with E-state index in [9.17, 15) is 45.1 Å². The summed E-state index contributed by atoms with van der Waals surface area (Å²) in [6.07, 6.45) is -1.49. The van der Waals surface area contributed by atoms with E-state index in [0.29, 0.717) is 20.9 Å². The van der Waals surface area contributed by atoms with Gasteiger partial charge in [0, 0.05) is 20.0 Å². The van der Waals surface area contributed by atoms with Crippen molar-refractivity contribution in [3.8, 4) is 11.1 Å². The molecule has 1 heterocycles. The van der Waals surface area contributed by atoms with Crippen molar-refractivity contribution in [2.45, 2.75) is 15.7 Å². The van der Waals surface area contributed by atoms with Crippen molar-refractivity contribution in [1.29, 1.82) is 0 Å². The van der Waals surface area contributed by atoms with Gasteiger partial charge in [-0.1, -0.05) is 17.3 Å². The Balaban J connectivity index is 1.62. The average molecular weight is 568 g/mol. The quantitative estimate of drug-likeness (QED) is 0.223. The summed E-state index contributed by atoms with van der Waals surface area (Å²) in [6.45, 7) is -0.576. The summed E-state index contributed by atoms with van der Waals surface area (Å²) in [6, 6.07) is 6.28. The number of fused-ring (bicyclic) bond motifs is 3. The monoisotopic (exact) mass is 567 g/mol. The summed E-state index contributed by atoms with van der Waals surface area (Å²) in [7, 11) is -7.09. The fourth-order valence-electron chi connectivity index (χ4n) is 3.96. The van der Waals surface area contributed by atoms with Crippen LogP contribution in [0.4, 0.5) is 9.59 Å². The second kappa shape index (κ2) is 9.28. The number of oxime groups is 1. The van der Waals surface area contributed by atoms with Crippen molar-refractivity contribution in [2.24, 2.45) is 5.16 Å². The van der Waals surface area contributed by atoms with Gasteiger partial charge in [0.25, 0.3) is 32.1 Å². The lowest BCUT2D eigenvalue weighted by atomic mass is 9.98. The molecule has 1 fully saturated rings. The third-order valence-electron chi connectivity index (χ3n) is 5.85. The van der Waals surface area contributed by atoms with Crippen LogP contribution in [0.1, 0.15) is 17.0 Å². The molecular weight excluding hydrogens is 550 g/mol. The van der Waals surface area contributed by atoms with Gasteiger partial charge in [-0.15, -0.1) is 0 Å². The zero-order chi connectivity index (χ0) is 28.2. The predicted octanol–water partition coefficient (Wildman–Crippen LogP) is 0.852. The maximum Gasteiger partial charge on any atom is 0.535 e. The van der Waals surface area contributed by atoms with Crippen LogP contribution in [0, 0.1) is 0 Å². The number of imide groups is 2. The standard InChI is InChI=1S/C21H17N3O12S2/c1-23-18(25)17(19(26)24(2)20(23)27)22-36-21(28)35-9-16-14-7-10(37(29,30)31)3-5-12(14)13-6-4-11(8-15(13)16)38(32,33)34/h3-8,16H,9H2,1-2H3,(H,29,30,31)(H,32,33,34). The summed E-state index contributed by atoms with van der Waals surface area (Å²) < 4.78 is 70.5. The molecule has 0 unspecified atom stereocenters. The molecule has 2 N–H and O–H groups in total. The lowest BCUT2D eigenvalue weighted by Gasteiger charge is -2.27. The second-order valence-electron chi connectivity index (χ2n) is 8.10. The molecule has 17 heteroatoms. The van der Waals surface area contributed by atoms with Crippen molar-refractivity contribution in [2.75, 3.05) is 20.7 Å². The molecule has 0 atom stereocenters. The van der Waals surface area contributed by atoms with Crippen LogP contribution < -0.4 is 0 Å². The fraction of sp³-hybridized carbons (Fsp3) is 0.190. The number of hydrogen-bond donors (Lipinski definition) is 2. The highest BCUT2D eigenvalue weighted by atomic mass is 32.2. The molecule has 15 nitrogen and oxygen atoms in total. The highest BCUT2D eigenvalue weighted by Crippen LogP contribution is 2.46. The van der Waals surface area contributed by atoms with E-state index in [1.807, 2.05) is 0 Å². The molecule has 200 valence electrons. The number of urea groups is 1. The first-order chi connectivity index (χ1) is 17.6. The van der Waals surface area contributed by atoms with Crippen LogP contribution in [0.2, 0.25) is 0 Å². The lowest BCUT2D eigenvalue weighted by Crippen LogP contribution is -2.57. The molecule has 4 rings (SSSR count). The van der Waals surface area contributed by atoms with Crippen LogP contribution in [-0.2, 0) is 39.4 Å². The average Bonchev–Trinajstić information content (AvgIpc) is 3.16. The smallest absolute Gasteiger partial charge is 0.432 e. The Morgan fingerprint density at radius 2 is 1.32 bits per heavy atom. The van der Waals surface area contributed by atoms with Crippen LogP contribution in [-0.4, -0.2) is 86.2 Å². The first-order valence-electron chi connectivity index (χ1n) is 10.4. The molecule has 1 aliphatic heterocycles. The minimum atomic E-state index is -4.62. The molecule has 4 amide bonds. The third-order valence-corrected chi connectivity index (χ3v) is 7.55. The Morgan fingerprint density at radius 1 is 0.868 bits per heavy atom. The summed E-state index contributed by atoms with van der Waals surface area (Å²) >= 11 is 0. The van der Waals surface area contributed by atoms with Crippen molar-refractivity contribution in [3.63, 3.8) is 0 Å². The Morgan fingerprint density at radius 3 is 1.74 bits per heavy atom. The fourth-order valence-corrected chi connectivity index (χ4v) is 5.00. The van der Waals surface area contributed by atoms with Gasteiger partial charge >= 0.3 is 12.2 Å². The number of carbonyl (C=O) groups excluding carboxylic acids is 4. The van der Waals surface area contributed by atoms with Crippen LogP contribution in [0.5, 0.6) is 0 Å². The number of ether oxygens (including phenoxy) is 1. The zero-order valence-corrected chi connectivity index (χ0v) is 21.0. The summed E-state index contributed by atoms with van der Waals surface area (Å²) in [4.78, 5) is 52.9. The van der Waals surface area contributed by atoms with Crippen molar-refractivity contribution in [1.82, 2.24) is 9.80 Å². The SMILES string of the molecule is CN1C(=O)C(=NOC(=O)OCC2c3cc(S(=O)(=O)O)ccc3-c3ccc(S(=O)(=O)O)cc32)C(=O)N(C)C1=O. The van der Waals surface area contributed by atoms with Crippen molar-refractivity contribution in [3.05, 3.63) is 47.5 Å². The van der Waals surface area contributed by atoms with E-state index < -0.39 is 72.3 Å². The molecule has 0 radical (unpaired) electrons. The molecule has 2 aliphatic rings. The van der Waals surface area contributed by atoms with Gasteiger partial charge < -0.3 is 4.74 Å². The number of rotatable bonds is 5. The molecule has 0 saturated carbocycles. The summed E-state index contributed by atoms with van der Waals surface area (Å²) in [5, 5.41) is 3.19. The Kier molecular flexibility index (Phi) is 6.56. The second-order valence-corrected chi connectivity index (χ2v) is 10.9. The van der Waals surface area contributed by atoms with Gasteiger partial charge in [-0.05, 0) is 46.5 Å². The van der Waals surface area contributed by atoms with E-state index in [0.717, 1.165) is 38.4 Å². The summed E-state index contributed by atoms with van der Waals surface area (Å²) in [5.74, 6) is -3.24. The van der Waals surface area contributed by atoms with Gasteiger partial charge in [0.15, 0.2) is 0 Å². The Labute approximate surface area is 214 Å². The predicted molar refractivity (Wildman–Crippen MR) is 124 cm³/mol. The number of hydrogen-bond acceptors (Lipinski definition) is 11. The summed E-state index contributed by atoms with van der Waals surface area (Å²) in [5.41, 5.74) is 0.470. The first-order valence-corrected chi connectivity index (χ1v) is 13.2. The molecule has 1 aliphatic carbocycles. The van der Waals surface area contributed by atoms with Gasteiger partial charge in [0.2, 0.25) is 5.71 Å². The van der Waals surface area contributed by atoms with Gasteiger partial charge in [-0.2, -0.15) is 16.8 Å². The number of barbiturate groups is 1. The number of carbonyl (C=O) groups is 4. The molecule has 38 heavy (non-hydrogen) atoms. The van der Waals surface area contributed by atoms with Crippen molar-refractivity contribution >= 4 is 49.9 Å². The molecule has 1 saturated heterocycles. The van der Waals surface area contributed by atoms with Gasteiger partial charge in [0.05, 0.1) is 9.79 Å². The Hall–Kier alpha value is -4.19. The van der Waals surface area contributed by atoms with E-state index in [1.165, 1.54) is 12.1 Å². The minimum Gasteiger partial charge on any atom is -0.432 e. The Bertz CT molecular complexity index is 1560. The largest absolute Gasteiger partial charge is 0.535 e. The number of benzene rings is 2. The zero-order valence-electron chi connectivity index (χ0n) is 19.4. The van der Waals surface area contributed by atoms with Crippen molar-refractivity contribution < 1.29 is 54.7 Å². The van der Waals surface area contributed by atoms with Crippen LogP contribution in [0.25, 0.3) is 11.1 Å². The van der Waals surface area contributed by atoms with Crippen LogP contribution in [0.15, 0.2) is 51.3 Å². The van der Waals surface area contributed by atoms with Crippen LogP contribution >= 0.6 is 0 Å². The third kappa shape index (κ3) is 4.74. The highest BCUT2D eigenvalue weighted by molar-refractivity contribution is 7.86. The normalized spacial score (nSPS) is 15.9. The molecule has 2 aromatic rings. The number of nitrogens with zero attached hydrogens (tertiary/aromatic N) is 3.